The number of piperazine rings is 1. The fraction of sp³-hybridized carbons (Fsp3) is 0.353. The third-order valence-corrected chi connectivity index (χ3v) is 4.00. The highest BCUT2D eigenvalue weighted by atomic mass is 16.3. The van der Waals surface area contributed by atoms with E-state index in [-0.39, 0.29) is 36.4 Å². The van der Waals surface area contributed by atoms with Crippen molar-refractivity contribution < 1.29 is 23.2 Å². The lowest BCUT2D eigenvalue weighted by Gasteiger charge is -2.34. The van der Waals surface area contributed by atoms with Gasteiger partial charge in [-0.3, -0.25) is 14.4 Å². The highest BCUT2D eigenvalue weighted by molar-refractivity contribution is 5.97. The zero-order valence-corrected chi connectivity index (χ0v) is 13.6. The van der Waals surface area contributed by atoms with Crippen LogP contribution in [-0.2, 0) is 16.1 Å². The van der Waals surface area contributed by atoms with Crippen molar-refractivity contribution in [2.75, 3.05) is 26.2 Å². The molecule has 0 aliphatic carbocycles. The third kappa shape index (κ3) is 4.28. The largest absolute Gasteiger partial charge is 0.467 e. The van der Waals surface area contributed by atoms with E-state index in [0.29, 0.717) is 31.9 Å². The SMILES string of the molecule is O=C(CC(=O)N1CCN(C(=O)c2ccco2)CC1)NCc1ccco1. The monoisotopic (exact) mass is 345 g/mol. The molecule has 1 fully saturated rings. The number of furan rings is 2. The lowest BCUT2D eigenvalue weighted by Crippen LogP contribution is -2.51. The molecule has 1 N–H and O–H groups in total. The third-order valence-electron chi connectivity index (χ3n) is 4.00. The molecule has 0 spiro atoms. The van der Waals surface area contributed by atoms with Crippen molar-refractivity contribution in [3.05, 3.63) is 48.3 Å². The molecule has 3 rings (SSSR count). The van der Waals surface area contributed by atoms with Crippen LogP contribution < -0.4 is 5.32 Å². The normalized spacial score (nSPS) is 14.4. The molecule has 0 unspecified atom stereocenters. The Labute approximate surface area is 144 Å². The molecule has 0 aromatic carbocycles. The summed E-state index contributed by atoms with van der Waals surface area (Å²) < 4.78 is 10.2. The summed E-state index contributed by atoms with van der Waals surface area (Å²) in [5.41, 5.74) is 0. The van der Waals surface area contributed by atoms with Gasteiger partial charge in [0.1, 0.15) is 12.2 Å². The Bertz CT molecular complexity index is 716. The van der Waals surface area contributed by atoms with Gasteiger partial charge in [-0.25, -0.2) is 0 Å². The first-order chi connectivity index (χ1) is 12.1. The standard InChI is InChI=1S/C17H19N3O5/c21-15(18-12-13-3-1-9-24-13)11-16(22)19-5-7-20(8-6-19)17(23)14-4-2-10-25-14/h1-4,9-10H,5-8,11-12H2,(H,18,21). The Kier molecular flexibility index (Phi) is 5.17. The Morgan fingerprint density at radius 3 is 2.28 bits per heavy atom. The second-order valence-corrected chi connectivity index (χ2v) is 5.68. The minimum atomic E-state index is -0.351. The van der Waals surface area contributed by atoms with E-state index in [0.717, 1.165) is 0 Å². The van der Waals surface area contributed by atoms with Crippen LogP contribution in [0.2, 0.25) is 0 Å². The zero-order chi connectivity index (χ0) is 17.6. The van der Waals surface area contributed by atoms with Crippen LogP contribution in [0.15, 0.2) is 45.6 Å². The number of hydrogen-bond acceptors (Lipinski definition) is 5. The maximum atomic E-state index is 12.2. The van der Waals surface area contributed by atoms with Crippen LogP contribution in [0.3, 0.4) is 0 Å². The van der Waals surface area contributed by atoms with Gasteiger partial charge in [0.2, 0.25) is 11.8 Å². The fourth-order valence-electron chi connectivity index (χ4n) is 2.63. The minimum absolute atomic E-state index is 0.187. The molecule has 0 atom stereocenters. The summed E-state index contributed by atoms with van der Waals surface area (Å²) >= 11 is 0. The van der Waals surface area contributed by atoms with E-state index in [2.05, 4.69) is 5.32 Å². The summed E-state index contributed by atoms with van der Waals surface area (Å²) in [6.45, 7) is 1.89. The van der Waals surface area contributed by atoms with Crippen molar-refractivity contribution in [1.82, 2.24) is 15.1 Å². The molecule has 0 bridgehead atoms. The molecule has 132 valence electrons. The zero-order valence-electron chi connectivity index (χ0n) is 13.6. The quantitative estimate of drug-likeness (QED) is 0.811. The first-order valence-corrected chi connectivity index (χ1v) is 8.03. The molecular formula is C17H19N3O5. The van der Waals surface area contributed by atoms with Gasteiger partial charge in [0, 0.05) is 26.2 Å². The summed E-state index contributed by atoms with van der Waals surface area (Å²) in [6.07, 6.45) is 2.76. The van der Waals surface area contributed by atoms with Crippen LogP contribution in [0, 0.1) is 0 Å². The van der Waals surface area contributed by atoms with E-state index >= 15 is 0 Å². The summed E-state index contributed by atoms with van der Waals surface area (Å²) in [6, 6.07) is 6.76. The van der Waals surface area contributed by atoms with E-state index < -0.39 is 0 Å². The van der Waals surface area contributed by atoms with Crippen LogP contribution in [0.25, 0.3) is 0 Å². The Morgan fingerprint density at radius 1 is 0.960 bits per heavy atom. The molecule has 2 aromatic rings. The maximum absolute atomic E-state index is 12.2. The fourth-order valence-corrected chi connectivity index (χ4v) is 2.63. The lowest BCUT2D eigenvalue weighted by atomic mass is 10.2. The molecule has 1 saturated heterocycles. The first-order valence-electron chi connectivity index (χ1n) is 8.03. The van der Waals surface area contributed by atoms with Crippen molar-refractivity contribution in [3.63, 3.8) is 0 Å². The van der Waals surface area contributed by atoms with E-state index in [4.69, 9.17) is 8.83 Å². The molecule has 3 amide bonds. The van der Waals surface area contributed by atoms with E-state index in [1.807, 2.05) is 0 Å². The summed E-state index contributed by atoms with van der Waals surface area (Å²) in [7, 11) is 0. The van der Waals surface area contributed by atoms with Crippen LogP contribution in [-0.4, -0.2) is 53.7 Å². The second kappa shape index (κ2) is 7.69. The number of nitrogens with zero attached hydrogens (tertiary/aromatic N) is 2. The molecule has 1 aliphatic heterocycles. The molecule has 0 radical (unpaired) electrons. The van der Waals surface area contributed by atoms with Crippen LogP contribution in [0.5, 0.6) is 0 Å². The predicted molar refractivity (Wildman–Crippen MR) is 86.4 cm³/mol. The smallest absolute Gasteiger partial charge is 0.289 e. The van der Waals surface area contributed by atoms with E-state index in [1.54, 1.807) is 34.1 Å². The van der Waals surface area contributed by atoms with Crippen LogP contribution >= 0.6 is 0 Å². The lowest BCUT2D eigenvalue weighted by molar-refractivity contribution is -0.137. The summed E-state index contributed by atoms with van der Waals surface area (Å²) in [5, 5.41) is 2.64. The van der Waals surface area contributed by atoms with Crippen molar-refractivity contribution in [1.29, 1.82) is 0 Å². The maximum Gasteiger partial charge on any atom is 0.289 e. The highest BCUT2D eigenvalue weighted by Gasteiger charge is 2.26. The number of rotatable bonds is 5. The van der Waals surface area contributed by atoms with Crippen molar-refractivity contribution in [3.8, 4) is 0 Å². The van der Waals surface area contributed by atoms with Gasteiger partial charge in [-0.05, 0) is 24.3 Å². The van der Waals surface area contributed by atoms with Gasteiger partial charge in [0.25, 0.3) is 5.91 Å². The number of carbonyl (C=O) groups is 3. The van der Waals surface area contributed by atoms with Crippen molar-refractivity contribution >= 4 is 17.7 Å². The van der Waals surface area contributed by atoms with Crippen LogP contribution in [0.4, 0.5) is 0 Å². The van der Waals surface area contributed by atoms with Gasteiger partial charge in [-0.1, -0.05) is 0 Å². The molecule has 3 heterocycles. The van der Waals surface area contributed by atoms with Gasteiger partial charge in [0.05, 0.1) is 19.1 Å². The Hall–Kier alpha value is -3.03. The molecular weight excluding hydrogens is 326 g/mol. The highest BCUT2D eigenvalue weighted by Crippen LogP contribution is 2.10. The Morgan fingerprint density at radius 2 is 1.64 bits per heavy atom. The minimum Gasteiger partial charge on any atom is -0.467 e. The Balaban J connectivity index is 1.42. The molecule has 1 aliphatic rings. The predicted octanol–water partition coefficient (Wildman–Crippen LogP) is 0.863. The molecule has 0 saturated carbocycles. The average molecular weight is 345 g/mol. The number of hydrogen-bond donors (Lipinski definition) is 1. The van der Waals surface area contributed by atoms with Crippen molar-refractivity contribution in [2.24, 2.45) is 0 Å². The summed E-state index contributed by atoms with van der Waals surface area (Å²) in [4.78, 5) is 39.4. The van der Waals surface area contributed by atoms with Crippen LogP contribution in [0.1, 0.15) is 22.7 Å². The first kappa shape index (κ1) is 16.8. The van der Waals surface area contributed by atoms with Gasteiger partial charge in [-0.2, -0.15) is 0 Å². The molecule has 2 aromatic heterocycles. The van der Waals surface area contributed by atoms with Gasteiger partial charge < -0.3 is 24.0 Å². The molecule has 25 heavy (non-hydrogen) atoms. The number of amides is 3. The summed E-state index contributed by atoms with van der Waals surface area (Å²) in [5.74, 6) is 0.133. The second-order valence-electron chi connectivity index (χ2n) is 5.68. The van der Waals surface area contributed by atoms with Gasteiger partial charge in [0.15, 0.2) is 5.76 Å². The van der Waals surface area contributed by atoms with E-state index in [9.17, 15) is 14.4 Å². The molecule has 8 heteroatoms. The number of nitrogens with one attached hydrogen (secondary N) is 1. The van der Waals surface area contributed by atoms with Gasteiger partial charge in [-0.15, -0.1) is 0 Å². The van der Waals surface area contributed by atoms with E-state index in [1.165, 1.54) is 12.5 Å². The number of carbonyl (C=O) groups excluding carboxylic acids is 3. The molecule has 8 nitrogen and oxygen atoms in total. The topological polar surface area (TPSA) is 96.0 Å². The van der Waals surface area contributed by atoms with Crippen molar-refractivity contribution in [2.45, 2.75) is 13.0 Å². The average Bonchev–Trinajstić information content (AvgIpc) is 3.33. The van der Waals surface area contributed by atoms with Gasteiger partial charge >= 0.3 is 0 Å².